The molecule has 1 saturated heterocycles. The summed E-state index contributed by atoms with van der Waals surface area (Å²) in [6.45, 7) is 5.63. The molecule has 1 aliphatic rings. The van der Waals surface area contributed by atoms with E-state index < -0.39 is 10.0 Å². The molecule has 1 aromatic heterocycles. The Morgan fingerprint density at radius 3 is 2.92 bits per heavy atom. The third-order valence-electron chi connectivity index (χ3n) is 4.11. The largest absolute Gasteiger partial charge is 0.336 e. The molecular weight excluding hydrogens is 356 g/mol. The lowest BCUT2D eigenvalue weighted by atomic mass is 10.1. The summed E-state index contributed by atoms with van der Waals surface area (Å²) in [5, 5.41) is 9.83. The minimum absolute atomic E-state index is 0.0276. The molecule has 9 nitrogen and oxygen atoms in total. The summed E-state index contributed by atoms with van der Waals surface area (Å²) in [5.41, 5.74) is 0.357. The Morgan fingerprint density at radius 2 is 2.23 bits per heavy atom. The van der Waals surface area contributed by atoms with Gasteiger partial charge in [-0.25, -0.2) is 18.1 Å². The van der Waals surface area contributed by atoms with Gasteiger partial charge in [0.05, 0.1) is 11.4 Å². The van der Waals surface area contributed by atoms with Crippen LogP contribution in [0, 0.1) is 6.92 Å². The van der Waals surface area contributed by atoms with Crippen molar-refractivity contribution in [1.82, 2.24) is 30.1 Å². The molecule has 0 radical (unpaired) electrons. The van der Waals surface area contributed by atoms with Crippen LogP contribution in [0.3, 0.4) is 0 Å². The molecule has 0 spiro atoms. The highest BCUT2D eigenvalue weighted by molar-refractivity contribution is 7.89. The van der Waals surface area contributed by atoms with Gasteiger partial charge in [-0.05, 0) is 32.0 Å². The van der Waals surface area contributed by atoms with Crippen molar-refractivity contribution in [2.24, 2.45) is 0 Å². The van der Waals surface area contributed by atoms with Gasteiger partial charge < -0.3 is 10.2 Å². The van der Waals surface area contributed by atoms with Crippen molar-refractivity contribution in [3.05, 3.63) is 41.5 Å². The van der Waals surface area contributed by atoms with Crippen molar-refractivity contribution in [2.45, 2.75) is 31.3 Å². The maximum atomic E-state index is 12.7. The van der Waals surface area contributed by atoms with Crippen molar-refractivity contribution in [2.75, 3.05) is 19.6 Å². The maximum absolute atomic E-state index is 12.7. The summed E-state index contributed by atoms with van der Waals surface area (Å²) < 4.78 is 27.5. The summed E-state index contributed by atoms with van der Waals surface area (Å²) >= 11 is 0. The number of H-pyrrole nitrogens is 1. The van der Waals surface area contributed by atoms with Crippen molar-refractivity contribution >= 4 is 15.9 Å². The molecular formula is C16H22N6O3S. The fourth-order valence-corrected chi connectivity index (χ4v) is 3.83. The molecule has 2 aromatic rings. The quantitative estimate of drug-likeness (QED) is 0.675. The molecule has 1 aromatic carbocycles. The summed E-state index contributed by atoms with van der Waals surface area (Å²) in [6, 6.07) is 6.28. The van der Waals surface area contributed by atoms with Gasteiger partial charge in [0.15, 0.2) is 5.82 Å². The van der Waals surface area contributed by atoms with Gasteiger partial charge in [0.2, 0.25) is 10.0 Å². The summed E-state index contributed by atoms with van der Waals surface area (Å²) in [5.74, 6) is 0.796. The van der Waals surface area contributed by atoms with E-state index in [1.165, 1.54) is 12.1 Å². The number of rotatable bonds is 5. The molecule has 1 atom stereocenters. The third kappa shape index (κ3) is 4.26. The van der Waals surface area contributed by atoms with E-state index >= 15 is 0 Å². The van der Waals surface area contributed by atoms with E-state index in [2.05, 4.69) is 25.2 Å². The number of carbonyl (C=O) groups excluding carboxylic acids is 1. The lowest BCUT2D eigenvalue weighted by molar-refractivity contribution is 0.0709. The molecule has 1 aliphatic heterocycles. The number of carbonyl (C=O) groups is 1. The highest BCUT2D eigenvalue weighted by atomic mass is 32.2. The first-order valence-electron chi connectivity index (χ1n) is 8.35. The SMILES string of the molecule is Cc1nc(CNS(=O)(=O)c2cccc(C(=O)N3CCN[C@@H](C)C3)c2)n[nH]1. The van der Waals surface area contributed by atoms with Crippen molar-refractivity contribution in [3.8, 4) is 0 Å². The number of aromatic nitrogens is 3. The Labute approximate surface area is 152 Å². The number of nitrogens with zero attached hydrogens (tertiary/aromatic N) is 3. The van der Waals surface area contributed by atoms with Gasteiger partial charge in [-0.15, -0.1) is 0 Å². The molecule has 0 saturated carbocycles. The van der Waals surface area contributed by atoms with E-state index in [-0.39, 0.29) is 23.4 Å². The molecule has 3 N–H and O–H groups in total. The molecule has 3 rings (SSSR count). The third-order valence-corrected chi connectivity index (χ3v) is 5.51. The predicted octanol–water partition coefficient (Wildman–Crippen LogP) is 0.0255. The highest BCUT2D eigenvalue weighted by Gasteiger charge is 2.23. The highest BCUT2D eigenvalue weighted by Crippen LogP contribution is 2.15. The Kier molecular flexibility index (Phi) is 5.35. The Balaban J connectivity index is 1.74. The summed E-state index contributed by atoms with van der Waals surface area (Å²) in [4.78, 5) is 18.5. The number of hydrogen-bond acceptors (Lipinski definition) is 6. The average Bonchev–Trinajstić information content (AvgIpc) is 3.05. The monoisotopic (exact) mass is 378 g/mol. The molecule has 0 aliphatic carbocycles. The van der Waals surface area contributed by atoms with Crippen molar-refractivity contribution in [3.63, 3.8) is 0 Å². The molecule has 1 amide bonds. The zero-order valence-corrected chi connectivity index (χ0v) is 15.5. The van der Waals surface area contributed by atoms with Gasteiger partial charge in [-0.1, -0.05) is 6.07 Å². The molecule has 26 heavy (non-hydrogen) atoms. The molecule has 2 heterocycles. The van der Waals surface area contributed by atoms with Gasteiger partial charge in [-0.2, -0.15) is 5.10 Å². The number of hydrogen-bond donors (Lipinski definition) is 3. The van der Waals surface area contributed by atoms with Crippen LogP contribution in [0.1, 0.15) is 28.9 Å². The van der Waals surface area contributed by atoms with Crippen LogP contribution in [0.2, 0.25) is 0 Å². The number of benzene rings is 1. The molecule has 140 valence electrons. The Bertz CT molecular complexity index is 895. The fourth-order valence-electron chi connectivity index (χ4n) is 2.81. The van der Waals surface area contributed by atoms with Crippen LogP contribution in [-0.4, -0.2) is 60.1 Å². The maximum Gasteiger partial charge on any atom is 0.253 e. The Morgan fingerprint density at radius 1 is 1.42 bits per heavy atom. The first-order chi connectivity index (χ1) is 12.3. The van der Waals surface area contributed by atoms with Gasteiger partial charge >= 0.3 is 0 Å². The van der Waals surface area contributed by atoms with Crippen LogP contribution < -0.4 is 10.0 Å². The topological polar surface area (TPSA) is 120 Å². The number of aryl methyl sites for hydroxylation is 1. The van der Waals surface area contributed by atoms with Gasteiger partial charge in [-0.3, -0.25) is 9.89 Å². The number of aromatic amines is 1. The first-order valence-corrected chi connectivity index (χ1v) is 9.84. The van der Waals surface area contributed by atoms with Crippen LogP contribution in [0.25, 0.3) is 0 Å². The molecule has 0 bridgehead atoms. The smallest absolute Gasteiger partial charge is 0.253 e. The average molecular weight is 378 g/mol. The van der Waals surface area contributed by atoms with E-state index in [4.69, 9.17) is 0 Å². The Hall–Kier alpha value is -2.30. The van der Waals surface area contributed by atoms with E-state index in [1.54, 1.807) is 24.0 Å². The van der Waals surface area contributed by atoms with Crippen LogP contribution in [0.15, 0.2) is 29.2 Å². The zero-order valence-electron chi connectivity index (χ0n) is 14.7. The number of piperazine rings is 1. The van der Waals surface area contributed by atoms with Crippen molar-refractivity contribution in [1.29, 1.82) is 0 Å². The molecule has 10 heteroatoms. The van der Waals surface area contributed by atoms with E-state index in [9.17, 15) is 13.2 Å². The van der Waals surface area contributed by atoms with Gasteiger partial charge in [0.25, 0.3) is 5.91 Å². The van der Waals surface area contributed by atoms with Gasteiger partial charge in [0, 0.05) is 31.2 Å². The minimum Gasteiger partial charge on any atom is -0.336 e. The number of amides is 1. The van der Waals surface area contributed by atoms with Crippen LogP contribution in [0.4, 0.5) is 0 Å². The second-order valence-corrected chi connectivity index (χ2v) is 8.06. The fraction of sp³-hybridized carbons (Fsp3) is 0.438. The summed E-state index contributed by atoms with van der Waals surface area (Å²) in [7, 11) is -3.77. The van der Waals surface area contributed by atoms with Crippen LogP contribution in [-0.2, 0) is 16.6 Å². The van der Waals surface area contributed by atoms with Gasteiger partial charge in [0.1, 0.15) is 5.82 Å². The predicted molar refractivity (Wildman–Crippen MR) is 95.0 cm³/mol. The van der Waals surface area contributed by atoms with E-state index in [0.29, 0.717) is 30.3 Å². The second-order valence-electron chi connectivity index (χ2n) is 6.30. The lowest BCUT2D eigenvalue weighted by Crippen LogP contribution is -2.51. The van der Waals surface area contributed by atoms with Crippen LogP contribution >= 0.6 is 0 Å². The standard InChI is InChI=1S/C16H22N6O3S/c1-11-10-22(7-6-17-11)16(23)13-4-3-5-14(8-13)26(24,25)18-9-15-19-12(2)20-21-15/h3-5,8,11,17-18H,6-7,9-10H2,1-2H3,(H,19,20,21)/t11-/m0/s1. The minimum atomic E-state index is -3.77. The normalized spacial score (nSPS) is 18.1. The summed E-state index contributed by atoms with van der Waals surface area (Å²) in [6.07, 6.45) is 0. The second kappa shape index (κ2) is 7.52. The van der Waals surface area contributed by atoms with E-state index in [1.807, 2.05) is 6.92 Å². The first kappa shape index (κ1) is 18.5. The van der Waals surface area contributed by atoms with Crippen molar-refractivity contribution < 1.29 is 13.2 Å². The number of sulfonamides is 1. The number of nitrogens with one attached hydrogen (secondary N) is 3. The molecule has 1 fully saturated rings. The zero-order chi connectivity index (χ0) is 18.7. The van der Waals surface area contributed by atoms with Crippen LogP contribution in [0.5, 0.6) is 0 Å². The molecule has 0 unspecified atom stereocenters. The van der Waals surface area contributed by atoms with E-state index in [0.717, 1.165) is 6.54 Å². The lowest BCUT2D eigenvalue weighted by Gasteiger charge is -2.32.